The maximum atomic E-state index is 13.8. The molecule has 7 nitrogen and oxygen atoms in total. The van der Waals surface area contributed by atoms with E-state index in [9.17, 15) is 14.0 Å². The zero-order valence-electron chi connectivity index (χ0n) is 19.4. The second-order valence-electron chi connectivity index (χ2n) is 8.28. The number of aromatic nitrogens is 2. The number of nitrogens with zero attached hydrogens (tertiary/aromatic N) is 2. The topological polar surface area (TPSA) is 104 Å². The first-order valence-electron chi connectivity index (χ1n) is 11.4. The highest BCUT2D eigenvalue weighted by atomic mass is 32.1. The highest BCUT2D eigenvalue weighted by Crippen LogP contribution is 2.37. The summed E-state index contributed by atoms with van der Waals surface area (Å²) < 4.78 is 14.7. The molecule has 0 aliphatic carbocycles. The van der Waals surface area contributed by atoms with Crippen LogP contribution >= 0.6 is 11.3 Å². The molecule has 2 amide bonds. The number of rotatable bonds is 7. The fraction of sp³-hybridized carbons (Fsp3) is 0.0714. The molecule has 0 unspecified atom stereocenters. The number of urea groups is 1. The van der Waals surface area contributed by atoms with Crippen molar-refractivity contribution in [3.05, 3.63) is 95.9 Å². The molecule has 3 aromatic carbocycles. The van der Waals surface area contributed by atoms with E-state index in [0.717, 1.165) is 38.2 Å². The van der Waals surface area contributed by atoms with Gasteiger partial charge in [-0.2, -0.15) is 0 Å². The van der Waals surface area contributed by atoms with Crippen molar-refractivity contribution < 1.29 is 19.1 Å². The third-order valence-electron chi connectivity index (χ3n) is 5.78. The summed E-state index contributed by atoms with van der Waals surface area (Å²) in [5.74, 6) is -1.32. The van der Waals surface area contributed by atoms with E-state index in [-0.39, 0.29) is 12.1 Å². The Hall–Kier alpha value is -4.63. The second-order valence-corrected chi connectivity index (χ2v) is 9.16. The van der Waals surface area contributed by atoms with E-state index in [0.29, 0.717) is 12.1 Å². The van der Waals surface area contributed by atoms with Crippen molar-refractivity contribution in [1.29, 1.82) is 0 Å². The van der Waals surface area contributed by atoms with Crippen LogP contribution in [0.5, 0.6) is 0 Å². The van der Waals surface area contributed by atoms with Crippen LogP contribution in [0.15, 0.2) is 84.5 Å². The molecule has 0 radical (unpaired) electrons. The van der Waals surface area contributed by atoms with Crippen LogP contribution in [0.1, 0.15) is 12.0 Å². The number of hydrogen-bond acceptors (Lipinski definition) is 5. The number of aliphatic carboxylic acids is 1. The molecule has 5 aromatic rings. The standard InChI is InChI=1S/C28H21FN4O3S/c29-22-3-1-2-4-23(22)33-28(36)32-20-12-10-19(11-13-20)25-27-26(31-16-30-25)21(15-37-27)18-8-5-17(6-9-18)7-14-24(34)35/h1-6,8-13,15-16H,7,14H2,(H,34,35)(H2,32,33,36). The highest BCUT2D eigenvalue weighted by molar-refractivity contribution is 7.18. The van der Waals surface area contributed by atoms with Crippen LogP contribution in [-0.4, -0.2) is 27.1 Å². The molecule has 37 heavy (non-hydrogen) atoms. The Morgan fingerprint density at radius 1 is 0.892 bits per heavy atom. The number of para-hydroxylation sites is 1. The highest BCUT2D eigenvalue weighted by Gasteiger charge is 2.14. The first-order chi connectivity index (χ1) is 18.0. The molecule has 0 atom stereocenters. The van der Waals surface area contributed by atoms with E-state index < -0.39 is 17.8 Å². The fourth-order valence-corrected chi connectivity index (χ4v) is 4.96. The van der Waals surface area contributed by atoms with E-state index in [1.54, 1.807) is 35.6 Å². The van der Waals surface area contributed by atoms with Gasteiger partial charge < -0.3 is 15.7 Å². The monoisotopic (exact) mass is 512 g/mol. The number of benzene rings is 3. The molecule has 2 heterocycles. The van der Waals surface area contributed by atoms with Crippen molar-refractivity contribution in [1.82, 2.24) is 9.97 Å². The molecule has 9 heteroatoms. The van der Waals surface area contributed by atoms with E-state index in [1.807, 2.05) is 41.8 Å². The first kappa shape index (κ1) is 24.1. The molecule has 2 aromatic heterocycles. The summed E-state index contributed by atoms with van der Waals surface area (Å²) >= 11 is 1.55. The average Bonchev–Trinajstić information content (AvgIpc) is 3.34. The maximum Gasteiger partial charge on any atom is 0.323 e. The summed E-state index contributed by atoms with van der Waals surface area (Å²) in [5, 5.41) is 16.1. The molecule has 0 saturated carbocycles. The molecule has 0 fully saturated rings. The van der Waals surface area contributed by atoms with Crippen molar-refractivity contribution in [3.8, 4) is 22.4 Å². The zero-order valence-corrected chi connectivity index (χ0v) is 20.3. The average molecular weight is 513 g/mol. The summed E-state index contributed by atoms with van der Waals surface area (Å²) in [6.07, 6.45) is 2.12. The molecule has 5 rings (SSSR count). The number of aryl methyl sites for hydroxylation is 1. The number of carboxylic acid groups (broad SMARTS) is 1. The fourth-order valence-electron chi connectivity index (χ4n) is 3.92. The van der Waals surface area contributed by atoms with Gasteiger partial charge in [0, 0.05) is 28.6 Å². The third-order valence-corrected chi connectivity index (χ3v) is 6.76. The lowest BCUT2D eigenvalue weighted by Crippen LogP contribution is -2.20. The molecule has 3 N–H and O–H groups in total. The van der Waals surface area contributed by atoms with Crippen LogP contribution in [-0.2, 0) is 11.2 Å². The van der Waals surface area contributed by atoms with Crippen molar-refractivity contribution in [2.75, 3.05) is 10.6 Å². The molecular weight excluding hydrogens is 491 g/mol. The van der Waals surface area contributed by atoms with Gasteiger partial charge in [-0.3, -0.25) is 4.79 Å². The number of anilines is 2. The van der Waals surface area contributed by atoms with Crippen molar-refractivity contribution in [2.45, 2.75) is 12.8 Å². The number of hydrogen-bond donors (Lipinski definition) is 3. The third kappa shape index (κ3) is 5.46. The van der Waals surface area contributed by atoms with E-state index >= 15 is 0 Å². The lowest BCUT2D eigenvalue weighted by Gasteiger charge is -2.09. The van der Waals surface area contributed by atoms with Crippen molar-refractivity contribution in [2.24, 2.45) is 0 Å². The minimum atomic E-state index is -0.813. The normalized spacial score (nSPS) is 10.8. The largest absolute Gasteiger partial charge is 0.481 e. The second kappa shape index (κ2) is 10.5. The lowest BCUT2D eigenvalue weighted by molar-refractivity contribution is -0.136. The van der Waals surface area contributed by atoms with Gasteiger partial charge in [-0.1, -0.05) is 48.5 Å². The zero-order chi connectivity index (χ0) is 25.8. The Bertz CT molecular complexity index is 1580. The van der Waals surface area contributed by atoms with Crippen LogP contribution in [0.4, 0.5) is 20.6 Å². The van der Waals surface area contributed by atoms with Gasteiger partial charge in [-0.25, -0.2) is 19.2 Å². The number of carbonyl (C=O) groups excluding carboxylic acids is 1. The number of nitrogens with one attached hydrogen (secondary N) is 2. The number of thiophene rings is 1. The van der Waals surface area contributed by atoms with Gasteiger partial charge in [-0.05, 0) is 41.8 Å². The Morgan fingerprint density at radius 3 is 2.35 bits per heavy atom. The molecule has 0 bridgehead atoms. The van der Waals surface area contributed by atoms with E-state index in [2.05, 4.69) is 20.6 Å². The van der Waals surface area contributed by atoms with Crippen LogP contribution < -0.4 is 10.6 Å². The molecular formula is C28H21FN4O3S. The predicted octanol–water partition coefficient (Wildman–Crippen LogP) is 6.83. The van der Waals surface area contributed by atoms with Gasteiger partial charge in [0.05, 0.1) is 21.6 Å². The van der Waals surface area contributed by atoms with Gasteiger partial charge in [0.1, 0.15) is 12.1 Å². The maximum absolute atomic E-state index is 13.8. The molecule has 0 aliphatic rings. The number of carbonyl (C=O) groups is 2. The summed E-state index contributed by atoms with van der Waals surface area (Å²) in [7, 11) is 0. The Labute approximate surface area is 215 Å². The van der Waals surface area contributed by atoms with Gasteiger partial charge in [0.15, 0.2) is 0 Å². The Balaban J connectivity index is 1.33. The first-order valence-corrected chi connectivity index (χ1v) is 12.3. The van der Waals surface area contributed by atoms with Crippen LogP contribution in [0.3, 0.4) is 0 Å². The Morgan fingerprint density at radius 2 is 1.62 bits per heavy atom. The molecule has 0 spiro atoms. The van der Waals surface area contributed by atoms with Crippen molar-refractivity contribution >= 4 is 44.9 Å². The van der Waals surface area contributed by atoms with Crippen LogP contribution in [0.2, 0.25) is 0 Å². The molecule has 0 aliphatic heterocycles. The van der Waals surface area contributed by atoms with E-state index in [1.165, 1.54) is 18.5 Å². The predicted molar refractivity (Wildman–Crippen MR) is 143 cm³/mol. The number of carboxylic acids is 1. The van der Waals surface area contributed by atoms with Gasteiger partial charge >= 0.3 is 12.0 Å². The molecule has 184 valence electrons. The van der Waals surface area contributed by atoms with E-state index in [4.69, 9.17) is 5.11 Å². The molecule has 0 saturated heterocycles. The Kier molecular flexibility index (Phi) is 6.87. The number of amides is 2. The van der Waals surface area contributed by atoms with Gasteiger partial charge in [0.25, 0.3) is 0 Å². The minimum absolute atomic E-state index is 0.0991. The lowest BCUT2D eigenvalue weighted by atomic mass is 10.0. The summed E-state index contributed by atoms with van der Waals surface area (Å²) in [4.78, 5) is 32.1. The summed E-state index contributed by atoms with van der Waals surface area (Å²) in [6, 6.07) is 20.5. The summed E-state index contributed by atoms with van der Waals surface area (Å²) in [5.41, 5.74) is 6.08. The number of fused-ring (bicyclic) bond motifs is 1. The SMILES string of the molecule is O=C(O)CCc1ccc(-c2csc3c(-c4ccc(NC(=O)Nc5ccccc5F)cc4)ncnc23)cc1. The summed E-state index contributed by atoms with van der Waals surface area (Å²) in [6.45, 7) is 0. The quantitative estimate of drug-likeness (QED) is 0.222. The van der Waals surface area contributed by atoms with Crippen LogP contribution in [0.25, 0.3) is 32.6 Å². The van der Waals surface area contributed by atoms with Crippen molar-refractivity contribution in [3.63, 3.8) is 0 Å². The van der Waals surface area contributed by atoms with Gasteiger partial charge in [-0.15, -0.1) is 11.3 Å². The number of halogens is 1. The minimum Gasteiger partial charge on any atom is -0.481 e. The smallest absolute Gasteiger partial charge is 0.323 e. The van der Waals surface area contributed by atoms with Crippen LogP contribution in [0, 0.1) is 5.82 Å². The van der Waals surface area contributed by atoms with Gasteiger partial charge in [0.2, 0.25) is 0 Å².